The van der Waals surface area contributed by atoms with Gasteiger partial charge in [0.1, 0.15) is 5.75 Å². The molecule has 0 fully saturated rings. The second-order valence-corrected chi connectivity index (χ2v) is 5.84. The Bertz CT molecular complexity index is 392. The Morgan fingerprint density at radius 3 is 2.42 bits per heavy atom. The molecule has 0 spiro atoms. The predicted molar refractivity (Wildman–Crippen MR) is 83.1 cm³/mol. The number of nitrogens with one attached hydrogen (secondary N) is 1. The van der Waals surface area contributed by atoms with Crippen molar-refractivity contribution in [3.8, 4) is 5.75 Å². The van der Waals surface area contributed by atoms with Gasteiger partial charge in [-0.2, -0.15) is 0 Å². The summed E-state index contributed by atoms with van der Waals surface area (Å²) in [5.74, 6) is 1.25. The molecule has 1 rings (SSSR count). The zero-order valence-electron chi connectivity index (χ0n) is 12.7. The van der Waals surface area contributed by atoms with Gasteiger partial charge in [0.15, 0.2) is 0 Å². The number of rotatable bonds is 7. The summed E-state index contributed by atoms with van der Waals surface area (Å²) in [5.41, 5.74) is 1.20. The molecule has 0 radical (unpaired) electrons. The molecule has 1 N–H and O–H groups in total. The van der Waals surface area contributed by atoms with Crippen LogP contribution in [0.1, 0.15) is 52.6 Å². The summed E-state index contributed by atoms with van der Waals surface area (Å²) < 4.78 is 5.87. The SMILES string of the molecule is CCCNC(C)c1ccc(OC(C)C(C)C)c(Cl)c1. The van der Waals surface area contributed by atoms with Crippen LogP contribution in [0.15, 0.2) is 18.2 Å². The van der Waals surface area contributed by atoms with Gasteiger partial charge in [0, 0.05) is 6.04 Å². The normalized spacial score (nSPS) is 14.5. The van der Waals surface area contributed by atoms with Crippen LogP contribution in [0.3, 0.4) is 0 Å². The molecule has 1 aromatic rings. The standard InChI is InChI=1S/C16H26ClNO/c1-6-9-18-12(4)14-7-8-16(15(17)10-14)19-13(5)11(2)3/h7-8,10-13,18H,6,9H2,1-5H3. The lowest BCUT2D eigenvalue weighted by Crippen LogP contribution is -2.20. The van der Waals surface area contributed by atoms with E-state index in [9.17, 15) is 0 Å². The smallest absolute Gasteiger partial charge is 0.138 e. The Hall–Kier alpha value is -0.730. The first-order chi connectivity index (χ1) is 8.95. The van der Waals surface area contributed by atoms with Crippen LogP contribution in [-0.4, -0.2) is 12.6 Å². The lowest BCUT2D eigenvalue weighted by Gasteiger charge is -2.20. The van der Waals surface area contributed by atoms with Crippen molar-refractivity contribution < 1.29 is 4.74 Å². The molecule has 0 aliphatic rings. The quantitative estimate of drug-likeness (QED) is 0.774. The van der Waals surface area contributed by atoms with Crippen molar-refractivity contribution in [3.05, 3.63) is 28.8 Å². The number of hydrogen-bond donors (Lipinski definition) is 1. The minimum absolute atomic E-state index is 0.166. The first-order valence-electron chi connectivity index (χ1n) is 7.15. The Balaban J connectivity index is 2.74. The molecule has 2 unspecified atom stereocenters. The monoisotopic (exact) mass is 283 g/mol. The molecule has 0 aliphatic carbocycles. The van der Waals surface area contributed by atoms with E-state index in [0.29, 0.717) is 17.0 Å². The average molecular weight is 284 g/mol. The van der Waals surface area contributed by atoms with E-state index >= 15 is 0 Å². The minimum atomic E-state index is 0.166. The van der Waals surface area contributed by atoms with E-state index < -0.39 is 0 Å². The van der Waals surface area contributed by atoms with E-state index in [0.717, 1.165) is 18.7 Å². The van der Waals surface area contributed by atoms with Gasteiger partial charge in [0.2, 0.25) is 0 Å². The van der Waals surface area contributed by atoms with Crippen LogP contribution in [0.2, 0.25) is 5.02 Å². The largest absolute Gasteiger partial charge is 0.489 e. The van der Waals surface area contributed by atoms with Gasteiger partial charge in [-0.05, 0) is 50.4 Å². The third-order valence-corrected chi connectivity index (χ3v) is 3.70. The highest BCUT2D eigenvalue weighted by Gasteiger charge is 2.13. The number of halogens is 1. The van der Waals surface area contributed by atoms with Gasteiger partial charge in [-0.15, -0.1) is 0 Å². The summed E-state index contributed by atoms with van der Waals surface area (Å²) >= 11 is 6.30. The Labute approximate surface area is 122 Å². The molecule has 3 heteroatoms. The molecule has 0 amide bonds. The molecule has 19 heavy (non-hydrogen) atoms. The maximum Gasteiger partial charge on any atom is 0.138 e. The van der Waals surface area contributed by atoms with Gasteiger partial charge < -0.3 is 10.1 Å². The van der Waals surface area contributed by atoms with Crippen molar-refractivity contribution in [2.75, 3.05) is 6.54 Å². The lowest BCUT2D eigenvalue weighted by molar-refractivity contribution is 0.170. The molecule has 0 heterocycles. The summed E-state index contributed by atoms with van der Waals surface area (Å²) in [4.78, 5) is 0. The third kappa shape index (κ3) is 5.04. The lowest BCUT2D eigenvalue weighted by atomic mass is 10.1. The maximum absolute atomic E-state index is 6.30. The van der Waals surface area contributed by atoms with Gasteiger partial charge in [-0.1, -0.05) is 38.4 Å². The zero-order valence-corrected chi connectivity index (χ0v) is 13.4. The van der Waals surface area contributed by atoms with Crippen molar-refractivity contribution in [3.63, 3.8) is 0 Å². The molecule has 1 aromatic carbocycles. The van der Waals surface area contributed by atoms with E-state index in [2.05, 4.69) is 46.0 Å². The van der Waals surface area contributed by atoms with Crippen molar-refractivity contribution in [1.29, 1.82) is 0 Å². The Morgan fingerprint density at radius 2 is 1.89 bits per heavy atom. The van der Waals surface area contributed by atoms with E-state index in [1.165, 1.54) is 5.56 Å². The molecule has 0 bridgehead atoms. The second-order valence-electron chi connectivity index (χ2n) is 5.43. The van der Waals surface area contributed by atoms with Crippen molar-refractivity contribution >= 4 is 11.6 Å². The molecule has 0 saturated heterocycles. The second kappa shape index (κ2) is 7.76. The van der Waals surface area contributed by atoms with Crippen molar-refractivity contribution in [2.24, 2.45) is 5.92 Å². The molecule has 0 aliphatic heterocycles. The predicted octanol–water partition coefficient (Wildman–Crippen LogP) is 4.82. The van der Waals surface area contributed by atoms with Crippen LogP contribution in [0, 0.1) is 5.92 Å². The fourth-order valence-corrected chi connectivity index (χ4v) is 1.93. The summed E-state index contributed by atoms with van der Waals surface area (Å²) in [7, 11) is 0. The fraction of sp³-hybridized carbons (Fsp3) is 0.625. The number of ether oxygens (including phenoxy) is 1. The van der Waals surface area contributed by atoms with Gasteiger partial charge >= 0.3 is 0 Å². The van der Waals surface area contributed by atoms with Crippen molar-refractivity contribution in [1.82, 2.24) is 5.32 Å². The molecule has 0 aromatic heterocycles. The van der Waals surface area contributed by atoms with E-state index in [4.69, 9.17) is 16.3 Å². The van der Waals surface area contributed by atoms with Gasteiger partial charge in [0.05, 0.1) is 11.1 Å². The number of hydrogen-bond acceptors (Lipinski definition) is 2. The average Bonchev–Trinajstić information content (AvgIpc) is 2.37. The molecular formula is C16H26ClNO. The van der Waals surface area contributed by atoms with E-state index in [1.807, 2.05) is 12.1 Å². The first-order valence-corrected chi connectivity index (χ1v) is 7.53. The van der Waals surface area contributed by atoms with Gasteiger partial charge in [-0.3, -0.25) is 0 Å². The summed E-state index contributed by atoms with van der Waals surface area (Å²) in [5, 5.41) is 4.14. The Kier molecular flexibility index (Phi) is 6.67. The molecule has 108 valence electrons. The topological polar surface area (TPSA) is 21.3 Å². The maximum atomic E-state index is 6.30. The summed E-state index contributed by atoms with van der Waals surface area (Å²) in [6.45, 7) is 11.7. The molecule has 2 atom stereocenters. The van der Waals surface area contributed by atoms with Gasteiger partial charge in [-0.25, -0.2) is 0 Å². The third-order valence-electron chi connectivity index (χ3n) is 3.41. The van der Waals surface area contributed by atoms with E-state index in [1.54, 1.807) is 0 Å². The highest BCUT2D eigenvalue weighted by Crippen LogP contribution is 2.29. The van der Waals surface area contributed by atoms with Crippen LogP contribution in [0.25, 0.3) is 0 Å². The highest BCUT2D eigenvalue weighted by molar-refractivity contribution is 6.32. The van der Waals surface area contributed by atoms with Gasteiger partial charge in [0.25, 0.3) is 0 Å². The van der Waals surface area contributed by atoms with Crippen LogP contribution in [0.4, 0.5) is 0 Å². The van der Waals surface area contributed by atoms with Crippen LogP contribution in [-0.2, 0) is 0 Å². The van der Waals surface area contributed by atoms with E-state index in [-0.39, 0.29) is 6.10 Å². The summed E-state index contributed by atoms with van der Waals surface area (Å²) in [6.07, 6.45) is 1.30. The molecule has 2 nitrogen and oxygen atoms in total. The van der Waals surface area contributed by atoms with Crippen LogP contribution < -0.4 is 10.1 Å². The number of benzene rings is 1. The first kappa shape index (κ1) is 16.3. The summed E-state index contributed by atoms with van der Waals surface area (Å²) in [6, 6.07) is 6.37. The zero-order chi connectivity index (χ0) is 14.4. The molecule has 0 saturated carbocycles. The fourth-order valence-electron chi connectivity index (χ4n) is 1.70. The van der Waals surface area contributed by atoms with Crippen molar-refractivity contribution in [2.45, 2.75) is 53.2 Å². The molecular weight excluding hydrogens is 258 g/mol. The minimum Gasteiger partial charge on any atom is -0.489 e. The highest BCUT2D eigenvalue weighted by atomic mass is 35.5. The van der Waals surface area contributed by atoms with Crippen LogP contribution >= 0.6 is 11.6 Å². The Morgan fingerprint density at radius 1 is 1.21 bits per heavy atom. The van der Waals surface area contributed by atoms with Crippen LogP contribution in [0.5, 0.6) is 5.75 Å².